The molecule has 0 radical (unpaired) electrons. The lowest BCUT2D eigenvalue weighted by Crippen LogP contribution is -2.06. The van der Waals surface area contributed by atoms with Gasteiger partial charge < -0.3 is 9.52 Å². The quantitative estimate of drug-likeness (QED) is 0.737. The molecule has 0 aliphatic carbocycles. The number of aromatic hydroxyl groups is 1. The van der Waals surface area contributed by atoms with Crippen LogP contribution in [0.25, 0.3) is 5.65 Å². The largest absolute Gasteiger partial charge is 0.502 e. The number of rotatable bonds is 3. The molecule has 120 valence electrons. The van der Waals surface area contributed by atoms with Crippen LogP contribution in [0.4, 0.5) is 13.2 Å². The van der Waals surface area contributed by atoms with Crippen LogP contribution in [0.5, 0.6) is 5.75 Å². The van der Waals surface area contributed by atoms with E-state index in [4.69, 9.17) is 9.52 Å². The molecule has 0 amide bonds. The van der Waals surface area contributed by atoms with Gasteiger partial charge in [0.1, 0.15) is 12.0 Å². The minimum Gasteiger partial charge on any atom is -0.502 e. The first-order valence-electron chi connectivity index (χ1n) is 6.20. The molecular weight excluding hydrogens is 335 g/mol. The normalized spacial score (nSPS) is 12.0. The SMILES string of the molecule is O=c1cc(CSc2nnc3ccc(C(F)(F)F)cn23)occ1O. The Morgan fingerprint density at radius 1 is 1.30 bits per heavy atom. The minimum atomic E-state index is -4.47. The van der Waals surface area contributed by atoms with Crippen molar-refractivity contribution in [3.05, 3.63) is 52.2 Å². The third-order valence-corrected chi connectivity index (χ3v) is 3.87. The molecule has 10 heteroatoms. The van der Waals surface area contributed by atoms with Crippen LogP contribution in [0, 0.1) is 0 Å². The van der Waals surface area contributed by atoms with Crippen LogP contribution in [-0.4, -0.2) is 19.7 Å². The Hall–Kier alpha value is -2.49. The second-order valence-corrected chi connectivity index (χ2v) is 5.45. The monoisotopic (exact) mass is 343 g/mol. The molecule has 3 rings (SSSR count). The zero-order chi connectivity index (χ0) is 16.6. The standard InChI is InChI=1S/C13H8F3N3O3S/c14-13(15,16)7-1-2-11-17-18-12(19(11)4-7)23-6-8-3-9(20)10(21)5-22-8/h1-5,21H,6H2. The summed E-state index contributed by atoms with van der Waals surface area (Å²) in [6.45, 7) is 0. The molecule has 3 heterocycles. The fraction of sp³-hybridized carbons (Fsp3) is 0.154. The smallest absolute Gasteiger partial charge is 0.417 e. The zero-order valence-electron chi connectivity index (χ0n) is 11.2. The van der Waals surface area contributed by atoms with Gasteiger partial charge in [-0.25, -0.2) is 0 Å². The molecule has 0 saturated carbocycles. The molecule has 3 aromatic heterocycles. The molecule has 0 spiro atoms. The van der Waals surface area contributed by atoms with Crippen LogP contribution in [0.1, 0.15) is 11.3 Å². The predicted octanol–water partition coefficient (Wildman–Crippen LogP) is 2.70. The van der Waals surface area contributed by atoms with E-state index < -0.39 is 22.9 Å². The second kappa shape index (κ2) is 5.61. The maximum absolute atomic E-state index is 12.8. The molecular formula is C13H8F3N3O3S. The van der Waals surface area contributed by atoms with Crippen LogP contribution in [0.15, 0.2) is 45.0 Å². The van der Waals surface area contributed by atoms with Crippen LogP contribution in [0.2, 0.25) is 0 Å². The number of fused-ring (bicyclic) bond motifs is 1. The van der Waals surface area contributed by atoms with E-state index in [2.05, 4.69) is 10.2 Å². The molecule has 0 saturated heterocycles. The second-order valence-electron chi connectivity index (χ2n) is 4.51. The molecule has 0 aliphatic heterocycles. The highest BCUT2D eigenvalue weighted by atomic mass is 32.2. The Kier molecular flexibility index (Phi) is 3.76. The zero-order valence-corrected chi connectivity index (χ0v) is 12.1. The van der Waals surface area contributed by atoms with Gasteiger partial charge in [0.15, 0.2) is 16.6 Å². The van der Waals surface area contributed by atoms with Crippen LogP contribution >= 0.6 is 11.8 Å². The lowest BCUT2D eigenvalue weighted by atomic mass is 10.3. The molecule has 0 bridgehead atoms. The van der Waals surface area contributed by atoms with E-state index in [-0.39, 0.29) is 22.3 Å². The number of thioether (sulfide) groups is 1. The van der Waals surface area contributed by atoms with Gasteiger partial charge in [-0.05, 0) is 12.1 Å². The summed E-state index contributed by atoms with van der Waals surface area (Å²) in [7, 11) is 0. The van der Waals surface area contributed by atoms with Crippen molar-refractivity contribution in [2.75, 3.05) is 0 Å². The fourth-order valence-electron chi connectivity index (χ4n) is 1.79. The van der Waals surface area contributed by atoms with Gasteiger partial charge in [0, 0.05) is 12.3 Å². The van der Waals surface area contributed by atoms with E-state index in [1.165, 1.54) is 10.5 Å². The Bertz CT molecular complexity index is 920. The molecule has 23 heavy (non-hydrogen) atoms. The summed E-state index contributed by atoms with van der Waals surface area (Å²) in [5.74, 6) is -0.116. The van der Waals surface area contributed by atoms with E-state index in [0.717, 1.165) is 36.4 Å². The van der Waals surface area contributed by atoms with Crippen molar-refractivity contribution in [1.82, 2.24) is 14.6 Å². The van der Waals surface area contributed by atoms with Crippen LogP contribution in [0.3, 0.4) is 0 Å². The van der Waals surface area contributed by atoms with E-state index in [1.807, 2.05) is 0 Å². The molecule has 1 N–H and O–H groups in total. The summed E-state index contributed by atoms with van der Waals surface area (Å²) >= 11 is 1.05. The van der Waals surface area contributed by atoms with Crippen molar-refractivity contribution in [1.29, 1.82) is 0 Å². The molecule has 0 aromatic carbocycles. The number of nitrogens with zero attached hydrogens (tertiary/aromatic N) is 3. The minimum absolute atomic E-state index is 0.145. The first kappa shape index (κ1) is 15.4. The van der Waals surface area contributed by atoms with Gasteiger partial charge in [0.2, 0.25) is 5.43 Å². The van der Waals surface area contributed by atoms with Gasteiger partial charge >= 0.3 is 6.18 Å². The van der Waals surface area contributed by atoms with Crippen molar-refractivity contribution in [3.63, 3.8) is 0 Å². The summed E-state index contributed by atoms with van der Waals surface area (Å²) in [5, 5.41) is 16.9. The topological polar surface area (TPSA) is 80.6 Å². The van der Waals surface area contributed by atoms with Crippen molar-refractivity contribution in [2.45, 2.75) is 17.1 Å². The van der Waals surface area contributed by atoms with E-state index >= 15 is 0 Å². The maximum Gasteiger partial charge on any atom is 0.417 e. The number of hydrogen-bond acceptors (Lipinski definition) is 6. The van der Waals surface area contributed by atoms with E-state index in [9.17, 15) is 18.0 Å². The Morgan fingerprint density at radius 2 is 2.09 bits per heavy atom. The number of alkyl halides is 3. The number of hydrogen-bond donors (Lipinski definition) is 1. The Morgan fingerprint density at radius 3 is 2.78 bits per heavy atom. The molecule has 6 nitrogen and oxygen atoms in total. The predicted molar refractivity (Wildman–Crippen MR) is 74.2 cm³/mol. The molecule has 0 aliphatic rings. The first-order valence-corrected chi connectivity index (χ1v) is 7.18. The Labute approximate surface area is 130 Å². The highest BCUT2D eigenvalue weighted by Gasteiger charge is 2.31. The molecule has 0 fully saturated rings. The van der Waals surface area contributed by atoms with Gasteiger partial charge in [-0.2, -0.15) is 13.2 Å². The Balaban J connectivity index is 1.87. The highest BCUT2D eigenvalue weighted by molar-refractivity contribution is 7.98. The van der Waals surface area contributed by atoms with Crippen molar-refractivity contribution < 1.29 is 22.7 Å². The summed E-state index contributed by atoms with van der Waals surface area (Å²) in [6.07, 6.45) is -2.66. The first-order chi connectivity index (χ1) is 10.8. The third kappa shape index (κ3) is 3.16. The molecule has 0 unspecified atom stereocenters. The van der Waals surface area contributed by atoms with Gasteiger partial charge in [-0.3, -0.25) is 9.20 Å². The average molecular weight is 343 g/mol. The van der Waals surface area contributed by atoms with Gasteiger partial charge in [0.25, 0.3) is 0 Å². The van der Waals surface area contributed by atoms with Crippen LogP contribution in [-0.2, 0) is 11.9 Å². The third-order valence-electron chi connectivity index (χ3n) is 2.91. The number of halogens is 3. The summed E-state index contributed by atoms with van der Waals surface area (Å²) in [6, 6.07) is 3.25. The van der Waals surface area contributed by atoms with Gasteiger partial charge in [0.05, 0.1) is 11.3 Å². The number of pyridine rings is 1. The maximum atomic E-state index is 12.8. The molecule has 3 aromatic rings. The fourth-order valence-corrected chi connectivity index (χ4v) is 2.60. The van der Waals surface area contributed by atoms with Crippen molar-refractivity contribution in [3.8, 4) is 5.75 Å². The van der Waals surface area contributed by atoms with Crippen LogP contribution < -0.4 is 5.43 Å². The summed E-state index contributed by atoms with van der Waals surface area (Å²) in [5.41, 5.74) is -1.15. The number of aromatic nitrogens is 3. The summed E-state index contributed by atoms with van der Waals surface area (Å²) < 4.78 is 44.5. The lowest BCUT2D eigenvalue weighted by molar-refractivity contribution is -0.137. The average Bonchev–Trinajstić information content (AvgIpc) is 2.90. The van der Waals surface area contributed by atoms with Crippen molar-refractivity contribution in [2.24, 2.45) is 0 Å². The van der Waals surface area contributed by atoms with Crippen molar-refractivity contribution >= 4 is 17.4 Å². The molecule has 0 atom stereocenters. The highest BCUT2D eigenvalue weighted by Crippen LogP contribution is 2.30. The van der Waals surface area contributed by atoms with E-state index in [1.54, 1.807) is 0 Å². The van der Waals surface area contributed by atoms with Gasteiger partial charge in [-0.1, -0.05) is 11.8 Å². The lowest BCUT2D eigenvalue weighted by Gasteiger charge is -2.07. The summed E-state index contributed by atoms with van der Waals surface area (Å²) in [4.78, 5) is 11.3. The van der Waals surface area contributed by atoms with Gasteiger partial charge in [-0.15, -0.1) is 10.2 Å². The van der Waals surface area contributed by atoms with E-state index in [0.29, 0.717) is 0 Å².